The Morgan fingerprint density at radius 1 is 1.14 bits per heavy atom. The Morgan fingerprint density at radius 3 is 2.71 bits per heavy atom. The van der Waals surface area contributed by atoms with E-state index < -0.39 is 0 Å². The van der Waals surface area contributed by atoms with E-state index in [1.165, 1.54) is 0 Å². The molecule has 1 aromatic carbocycles. The van der Waals surface area contributed by atoms with Gasteiger partial charge in [-0.2, -0.15) is 5.10 Å². The first-order chi connectivity index (χ1) is 10.3. The molecule has 0 N–H and O–H groups in total. The molecule has 0 fully saturated rings. The molecule has 0 radical (unpaired) electrons. The summed E-state index contributed by atoms with van der Waals surface area (Å²) in [6.07, 6.45) is 5.67. The summed E-state index contributed by atoms with van der Waals surface area (Å²) in [7, 11) is 0. The second-order valence-electron chi connectivity index (χ2n) is 4.71. The van der Waals surface area contributed by atoms with Gasteiger partial charge in [-0.1, -0.05) is 18.2 Å². The van der Waals surface area contributed by atoms with Crippen molar-refractivity contribution in [2.45, 2.75) is 19.9 Å². The molecule has 2 heterocycles. The Balaban J connectivity index is 1.79. The van der Waals surface area contributed by atoms with Gasteiger partial charge in [-0.05, 0) is 25.1 Å². The van der Waals surface area contributed by atoms with Crippen LogP contribution < -0.4 is 0 Å². The van der Waals surface area contributed by atoms with Crippen LogP contribution in [0.2, 0.25) is 0 Å². The van der Waals surface area contributed by atoms with Crippen LogP contribution in [0.25, 0.3) is 5.69 Å². The maximum atomic E-state index is 12.3. The fourth-order valence-corrected chi connectivity index (χ4v) is 2.23. The molecule has 3 rings (SSSR count). The van der Waals surface area contributed by atoms with E-state index in [-0.39, 0.29) is 12.2 Å². The Labute approximate surface area is 122 Å². The largest absolute Gasteiger partial charge is 0.335 e. The van der Waals surface area contributed by atoms with Gasteiger partial charge in [0.05, 0.1) is 12.1 Å². The zero-order valence-electron chi connectivity index (χ0n) is 11.8. The number of Topliss-reactive ketones (excluding diaryl/α,β-unsaturated/α-hetero) is 1. The normalized spacial score (nSPS) is 10.7. The lowest BCUT2D eigenvalue weighted by atomic mass is 10.2. The number of carbonyl (C=O) groups is 1. The molecule has 0 amide bonds. The molecule has 0 aliphatic rings. The average molecular weight is 280 g/mol. The lowest BCUT2D eigenvalue weighted by molar-refractivity contribution is 0.0984. The third-order valence-corrected chi connectivity index (χ3v) is 3.36. The summed E-state index contributed by atoms with van der Waals surface area (Å²) >= 11 is 0. The molecule has 0 bridgehead atoms. The zero-order chi connectivity index (χ0) is 14.7. The monoisotopic (exact) mass is 280 g/mol. The first-order valence-electron chi connectivity index (χ1n) is 6.92. The predicted octanol–water partition coefficient (Wildman–Crippen LogP) is 2.51. The molecule has 5 heteroatoms. The molecule has 0 aliphatic carbocycles. The standard InChI is InChI=1S/C16H16N4O/c1-2-19-11-9-17-16(19)12-15(21)14-8-10-20(18-14)13-6-4-3-5-7-13/h3-11H,2,12H2,1H3. The molecule has 0 saturated carbocycles. The number of nitrogens with zero attached hydrogens (tertiary/aromatic N) is 4. The SMILES string of the molecule is CCn1ccnc1CC(=O)c1ccn(-c2ccccc2)n1. The highest BCUT2D eigenvalue weighted by Crippen LogP contribution is 2.09. The smallest absolute Gasteiger partial charge is 0.190 e. The number of aromatic nitrogens is 4. The summed E-state index contributed by atoms with van der Waals surface area (Å²) in [5.74, 6) is 0.752. The van der Waals surface area contributed by atoms with Crippen molar-refractivity contribution in [1.29, 1.82) is 0 Å². The average Bonchev–Trinajstić information content (AvgIpc) is 3.17. The minimum atomic E-state index is -0.0226. The van der Waals surface area contributed by atoms with Gasteiger partial charge in [0.15, 0.2) is 5.78 Å². The Hall–Kier alpha value is -2.69. The molecule has 0 aliphatic heterocycles. The summed E-state index contributed by atoms with van der Waals surface area (Å²) in [4.78, 5) is 16.5. The lowest BCUT2D eigenvalue weighted by Gasteiger charge is -2.03. The lowest BCUT2D eigenvalue weighted by Crippen LogP contribution is -2.10. The number of aryl methyl sites for hydroxylation is 1. The molecule has 0 spiro atoms. The number of rotatable bonds is 5. The van der Waals surface area contributed by atoms with Gasteiger partial charge in [0.25, 0.3) is 0 Å². The van der Waals surface area contributed by atoms with E-state index in [0.29, 0.717) is 5.69 Å². The third kappa shape index (κ3) is 2.76. The van der Waals surface area contributed by atoms with Crippen LogP contribution >= 0.6 is 0 Å². The second-order valence-corrected chi connectivity index (χ2v) is 4.71. The van der Waals surface area contributed by atoms with E-state index in [0.717, 1.165) is 18.1 Å². The molecule has 5 nitrogen and oxygen atoms in total. The number of ketones is 1. The van der Waals surface area contributed by atoms with Gasteiger partial charge >= 0.3 is 0 Å². The Morgan fingerprint density at radius 2 is 1.95 bits per heavy atom. The van der Waals surface area contributed by atoms with E-state index in [1.54, 1.807) is 23.1 Å². The number of hydrogen-bond donors (Lipinski definition) is 0. The second kappa shape index (κ2) is 5.75. The maximum absolute atomic E-state index is 12.3. The third-order valence-electron chi connectivity index (χ3n) is 3.36. The Bertz CT molecular complexity index is 742. The van der Waals surface area contributed by atoms with Gasteiger partial charge < -0.3 is 4.57 Å². The maximum Gasteiger partial charge on any atom is 0.190 e. The van der Waals surface area contributed by atoms with Crippen LogP contribution in [-0.2, 0) is 13.0 Å². The number of hydrogen-bond acceptors (Lipinski definition) is 3. The van der Waals surface area contributed by atoms with Crippen molar-refractivity contribution in [2.24, 2.45) is 0 Å². The number of imidazole rings is 1. The molecule has 3 aromatic rings. The van der Waals surface area contributed by atoms with Gasteiger partial charge in [0, 0.05) is 25.1 Å². The summed E-state index contributed by atoms with van der Waals surface area (Å²) in [5.41, 5.74) is 1.40. The van der Waals surface area contributed by atoms with Crippen LogP contribution in [0, 0.1) is 0 Å². The first kappa shape index (κ1) is 13.3. The van der Waals surface area contributed by atoms with Gasteiger partial charge in [0.2, 0.25) is 0 Å². The van der Waals surface area contributed by atoms with E-state index in [9.17, 15) is 4.79 Å². The fraction of sp³-hybridized carbons (Fsp3) is 0.188. The summed E-state index contributed by atoms with van der Waals surface area (Å²) in [6, 6.07) is 11.5. The highest BCUT2D eigenvalue weighted by Gasteiger charge is 2.14. The molecule has 106 valence electrons. The quantitative estimate of drug-likeness (QED) is 0.675. The molecule has 21 heavy (non-hydrogen) atoms. The zero-order valence-corrected chi connectivity index (χ0v) is 11.8. The fourth-order valence-electron chi connectivity index (χ4n) is 2.23. The predicted molar refractivity (Wildman–Crippen MR) is 79.5 cm³/mol. The van der Waals surface area contributed by atoms with Crippen molar-refractivity contribution in [1.82, 2.24) is 19.3 Å². The van der Waals surface area contributed by atoms with Crippen LogP contribution in [0.15, 0.2) is 55.0 Å². The van der Waals surface area contributed by atoms with E-state index in [2.05, 4.69) is 10.1 Å². The molecular weight excluding hydrogens is 264 g/mol. The molecule has 0 atom stereocenters. The van der Waals surface area contributed by atoms with Crippen LogP contribution in [0.5, 0.6) is 0 Å². The van der Waals surface area contributed by atoms with Crippen molar-refractivity contribution < 1.29 is 4.79 Å². The van der Waals surface area contributed by atoms with Crippen LogP contribution in [0.1, 0.15) is 23.2 Å². The molecular formula is C16H16N4O. The summed E-state index contributed by atoms with van der Waals surface area (Å²) in [6.45, 7) is 2.83. The van der Waals surface area contributed by atoms with Gasteiger partial charge in [-0.3, -0.25) is 4.79 Å². The highest BCUT2D eigenvalue weighted by molar-refractivity contribution is 5.95. The van der Waals surface area contributed by atoms with Crippen molar-refractivity contribution in [3.8, 4) is 5.69 Å². The van der Waals surface area contributed by atoms with Gasteiger partial charge in [0.1, 0.15) is 11.5 Å². The first-order valence-corrected chi connectivity index (χ1v) is 6.92. The van der Waals surface area contributed by atoms with Crippen LogP contribution in [0.4, 0.5) is 0 Å². The molecule has 0 unspecified atom stereocenters. The minimum Gasteiger partial charge on any atom is -0.335 e. The van der Waals surface area contributed by atoms with Crippen molar-refractivity contribution in [3.63, 3.8) is 0 Å². The van der Waals surface area contributed by atoms with Crippen molar-refractivity contribution in [3.05, 3.63) is 66.5 Å². The van der Waals surface area contributed by atoms with E-state index in [1.807, 2.05) is 48.0 Å². The van der Waals surface area contributed by atoms with E-state index >= 15 is 0 Å². The minimum absolute atomic E-state index is 0.0226. The van der Waals surface area contributed by atoms with Crippen molar-refractivity contribution in [2.75, 3.05) is 0 Å². The highest BCUT2D eigenvalue weighted by atomic mass is 16.1. The van der Waals surface area contributed by atoms with Gasteiger partial charge in [-0.25, -0.2) is 9.67 Å². The van der Waals surface area contributed by atoms with Crippen LogP contribution in [0.3, 0.4) is 0 Å². The summed E-state index contributed by atoms with van der Waals surface area (Å²) in [5, 5.41) is 4.35. The summed E-state index contributed by atoms with van der Waals surface area (Å²) < 4.78 is 3.67. The van der Waals surface area contributed by atoms with Gasteiger partial charge in [-0.15, -0.1) is 0 Å². The molecule has 0 saturated heterocycles. The molecule has 2 aromatic heterocycles. The number of benzene rings is 1. The van der Waals surface area contributed by atoms with E-state index in [4.69, 9.17) is 0 Å². The number of carbonyl (C=O) groups excluding carboxylic acids is 1. The number of para-hydroxylation sites is 1. The van der Waals surface area contributed by atoms with Crippen molar-refractivity contribution >= 4 is 5.78 Å². The topological polar surface area (TPSA) is 52.7 Å². The Kier molecular flexibility index (Phi) is 3.64. The van der Waals surface area contributed by atoms with Crippen LogP contribution in [-0.4, -0.2) is 25.1 Å².